The van der Waals surface area contributed by atoms with E-state index in [0.29, 0.717) is 17.6 Å². The Morgan fingerprint density at radius 2 is 2.25 bits per heavy atom. The van der Waals surface area contributed by atoms with Gasteiger partial charge in [-0.2, -0.15) is 0 Å². The van der Waals surface area contributed by atoms with Crippen molar-refractivity contribution in [3.05, 3.63) is 29.6 Å². The van der Waals surface area contributed by atoms with Gasteiger partial charge in [0.2, 0.25) is 0 Å². The molecule has 1 aliphatic rings. The second kappa shape index (κ2) is 4.90. The van der Waals surface area contributed by atoms with Crippen LogP contribution in [-0.2, 0) is 6.54 Å². The fourth-order valence-electron chi connectivity index (χ4n) is 3.16. The van der Waals surface area contributed by atoms with Crippen molar-refractivity contribution in [3.8, 4) is 0 Å². The van der Waals surface area contributed by atoms with Crippen molar-refractivity contribution in [1.29, 1.82) is 0 Å². The zero-order chi connectivity index (χ0) is 14.3. The lowest BCUT2D eigenvalue weighted by Gasteiger charge is -2.17. The Kier molecular flexibility index (Phi) is 3.22. The number of benzene rings is 1. The van der Waals surface area contributed by atoms with Gasteiger partial charge in [0.15, 0.2) is 0 Å². The summed E-state index contributed by atoms with van der Waals surface area (Å²) in [5, 5.41) is 19.3. The Bertz CT molecular complexity index is 662. The molecule has 1 aromatic heterocycles. The lowest BCUT2D eigenvalue weighted by Crippen LogP contribution is -2.20. The molecule has 1 saturated carbocycles. The van der Waals surface area contributed by atoms with Crippen molar-refractivity contribution in [2.45, 2.75) is 38.8 Å². The highest BCUT2D eigenvalue weighted by Gasteiger charge is 2.27. The second-order valence-corrected chi connectivity index (χ2v) is 5.51. The average Bonchev–Trinajstić information content (AvgIpc) is 2.94. The predicted molar refractivity (Wildman–Crippen MR) is 74.8 cm³/mol. The van der Waals surface area contributed by atoms with E-state index in [1.807, 2.05) is 17.6 Å². The average molecular weight is 274 g/mol. The zero-order valence-corrected chi connectivity index (χ0v) is 11.4. The summed E-state index contributed by atoms with van der Waals surface area (Å²) in [4.78, 5) is 15.8. The minimum absolute atomic E-state index is 0.188. The highest BCUT2D eigenvalue weighted by molar-refractivity contribution is 6.01. The maximum Gasteiger partial charge on any atom is 0.337 e. The van der Waals surface area contributed by atoms with Gasteiger partial charge in [0.25, 0.3) is 0 Å². The van der Waals surface area contributed by atoms with Crippen LogP contribution in [0.5, 0.6) is 0 Å². The Morgan fingerprint density at radius 3 is 2.90 bits per heavy atom. The summed E-state index contributed by atoms with van der Waals surface area (Å²) >= 11 is 0. The van der Waals surface area contributed by atoms with Crippen molar-refractivity contribution < 1.29 is 15.0 Å². The predicted octanol–water partition coefficient (Wildman–Crippen LogP) is 2.20. The van der Waals surface area contributed by atoms with E-state index in [2.05, 4.69) is 4.98 Å². The largest absolute Gasteiger partial charge is 0.478 e. The third kappa shape index (κ3) is 2.08. The number of rotatable bonds is 3. The Hall–Kier alpha value is -1.88. The fraction of sp³-hybridized carbons (Fsp3) is 0.467. The topological polar surface area (TPSA) is 75.3 Å². The van der Waals surface area contributed by atoms with Gasteiger partial charge in [-0.1, -0.05) is 12.5 Å². The summed E-state index contributed by atoms with van der Waals surface area (Å²) in [5.41, 5.74) is 1.64. The van der Waals surface area contributed by atoms with Gasteiger partial charge in [0, 0.05) is 12.5 Å². The Labute approximate surface area is 116 Å². The number of aliphatic hydroxyl groups is 1. The van der Waals surface area contributed by atoms with Crippen LogP contribution in [0.25, 0.3) is 11.0 Å². The lowest BCUT2D eigenvalue weighted by atomic mass is 10.1. The van der Waals surface area contributed by atoms with Gasteiger partial charge in [0.1, 0.15) is 5.82 Å². The number of para-hydroxylation sites is 1. The first-order chi connectivity index (χ1) is 9.58. The summed E-state index contributed by atoms with van der Waals surface area (Å²) in [7, 11) is 0. The molecule has 0 spiro atoms. The van der Waals surface area contributed by atoms with Crippen molar-refractivity contribution in [2.75, 3.05) is 0 Å². The van der Waals surface area contributed by atoms with Gasteiger partial charge in [-0.3, -0.25) is 0 Å². The number of hydrogen-bond donors (Lipinski definition) is 2. The maximum absolute atomic E-state index is 11.4. The van der Waals surface area contributed by atoms with Crippen molar-refractivity contribution in [3.63, 3.8) is 0 Å². The van der Waals surface area contributed by atoms with Gasteiger partial charge < -0.3 is 14.8 Å². The molecular formula is C15H18N2O3. The maximum atomic E-state index is 11.4. The number of aromatic nitrogens is 2. The molecule has 0 radical (unpaired) electrons. The molecule has 1 fully saturated rings. The third-order valence-electron chi connectivity index (χ3n) is 4.22. The molecule has 1 heterocycles. The first-order valence-electron chi connectivity index (χ1n) is 6.95. The fourth-order valence-corrected chi connectivity index (χ4v) is 3.16. The molecule has 3 rings (SSSR count). The molecule has 0 bridgehead atoms. The van der Waals surface area contributed by atoms with E-state index in [1.165, 1.54) is 0 Å². The van der Waals surface area contributed by atoms with Crippen LogP contribution in [-0.4, -0.2) is 31.8 Å². The molecule has 2 atom stereocenters. The standard InChI is InChI=1S/C15H18N2O3/c1-9-16-12-6-3-5-11(15(19)20)14(12)17(9)8-10-4-2-7-13(10)18/h3,5-6,10,13,18H,2,4,7-8H2,1H3,(H,19,20). The molecular weight excluding hydrogens is 256 g/mol. The molecule has 5 heteroatoms. The third-order valence-corrected chi connectivity index (χ3v) is 4.22. The van der Waals surface area contributed by atoms with E-state index in [-0.39, 0.29) is 17.6 Å². The molecule has 20 heavy (non-hydrogen) atoms. The van der Waals surface area contributed by atoms with E-state index >= 15 is 0 Å². The molecule has 1 aliphatic carbocycles. The molecule has 5 nitrogen and oxygen atoms in total. The van der Waals surface area contributed by atoms with E-state index in [4.69, 9.17) is 0 Å². The van der Waals surface area contributed by atoms with E-state index in [9.17, 15) is 15.0 Å². The number of carboxylic acids is 1. The van der Waals surface area contributed by atoms with E-state index in [1.54, 1.807) is 12.1 Å². The quantitative estimate of drug-likeness (QED) is 0.899. The molecule has 0 aliphatic heterocycles. The van der Waals surface area contributed by atoms with Crippen LogP contribution in [0.2, 0.25) is 0 Å². The van der Waals surface area contributed by atoms with Crippen LogP contribution < -0.4 is 0 Å². The molecule has 106 valence electrons. The number of fused-ring (bicyclic) bond motifs is 1. The molecule has 0 amide bonds. The van der Waals surface area contributed by atoms with Gasteiger partial charge in [-0.25, -0.2) is 9.78 Å². The molecule has 2 aromatic rings. The highest BCUT2D eigenvalue weighted by atomic mass is 16.4. The number of nitrogens with zero attached hydrogens (tertiary/aromatic N) is 2. The number of hydrogen-bond acceptors (Lipinski definition) is 3. The summed E-state index contributed by atoms with van der Waals surface area (Å²) in [6.07, 6.45) is 2.56. The normalized spacial score (nSPS) is 22.5. The molecule has 2 unspecified atom stereocenters. The smallest absolute Gasteiger partial charge is 0.337 e. The van der Waals surface area contributed by atoms with Crippen LogP contribution in [0.15, 0.2) is 18.2 Å². The van der Waals surface area contributed by atoms with Crippen molar-refractivity contribution in [2.24, 2.45) is 5.92 Å². The number of carboxylic acid groups (broad SMARTS) is 1. The van der Waals surface area contributed by atoms with Gasteiger partial charge in [0.05, 0.1) is 22.7 Å². The van der Waals surface area contributed by atoms with Gasteiger partial charge >= 0.3 is 5.97 Å². The van der Waals surface area contributed by atoms with Crippen LogP contribution in [0, 0.1) is 12.8 Å². The Balaban J connectivity index is 2.09. The number of aromatic carboxylic acids is 1. The monoisotopic (exact) mass is 274 g/mol. The van der Waals surface area contributed by atoms with Crippen LogP contribution in [0.4, 0.5) is 0 Å². The van der Waals surface area contributed by atoms with E-state index < -0.39 is 5.97 Å². The van der Waals surface area contributed by atoms with Crippen molar-refractivity contribution in [1.82, 2.24) is 9.55 Å². The van der Waals surface area contributed by atoms with E-state index in [0.717, 1.165) is 25.1 Å². The van der Waals surface area contributed by atoms with Gasteiger partial charge in [-0.05, 0) is 31.9 Å². The summed E-state index contributed by atoms with van der Waals surface area (Å²) in [6, 6.07) is 5.15. The number of aryl methyl sites for hydroxylation is 1. The first kappa shape index (κ1) is 13.1. The second-order valence-electron chi connectivity index (χ2n) is 5.51. The van der Waals surface area contributed by atoms with Crippen LogP contribution >= 0.6 is 0 Å². The number of carbonyl (C=O) groups is 1. The minimum Gasteiger partial charge on any atom is -0.478 e. The van der Waals surface area contributed by atoms with Crippen LogP contribution in [0.3, 0.4) is 0 Å². The van der Waals surface area contributed by atoms with Gasteiger partial charge in [-0.15, -0.1) is 0 Å². The van der Waals surface area contributed by atoms with Crippen molar-refractivity contribution >= 4 is 17.0 Å². The first-order valence-corrected chi connectivity index (χ1v) is 6.95. The molecule has 2 N–H and O–H groups in total. The van der Waals surface area contributed by atoms with Crippen LogP contribution in [0.1, 0.15) is 35.4 Å². The zero-order valence-electron chi connectivity index (χ0n) is 11.4. The summed E-state index contributed by atoms with van der Waals surface area (Å²) in [5.74, 6) is 0.0458. The Morgan fingerprint density at radius 1 is 1.45 bits per heavy atom. The summed E-state index contributed by atoms with van der Waals surface area (Å²) in [6.45, 7) is 2.51. The number of imidazole rings is 1. The lowest BCUT2D eigenvalue weighted by molar-refractivity contribution is 0.0698. The minimum atomic E-state index is -0.941. The number of aliphatic hydroxyl groups excluding tert-OH is 1. The molecule has 1 aromatic carbocycles. The summed E-state index contributed by atoms with van der Waals surface area (Å²) < 4.78 is 1.94. The SMILES string of the molecule is Cc1nc2cccc(C(=O)O)c2n1CC1CCCC1O. The molecule has 0 saturated heterocycles. The highest BCUT2D eigenvalue weighted by Crippen LogP contribution is 2.29.